The molecule has 0 bridgehead atoms. The number of carbonyl (C=O) groups excluding carboxylic acids is 2. The van der Waals surface area contributed by atoms with Crippen LogP contribution in [-0.4, -0.2) is 25.2 Å². The van der Waals surface area contributed by atoms with Crippen molar-refractivity contribution in [1.29, 1.82) is 0 Å². The maximum Gasteiger partial charge on any atom is 0.320 e. The van der Waals surface area contributed by atoms with Crippen LogP contribution in [0.15, 0.2) is 0 Å². The maximum absolute atomic E-state index is 11.8. The first-order valence-corrected chi connectivity index (χ1v) is 9.50. The molecule has 1 unspecified atom stereocenters. The number of esters is 2. The highest BCUT2D eigenvalue weighted by molar-refractivity contribution is 5.94. The normalized spacial score (nSPS) is 12.0. The van der Waals surface area contributed by atoms with Gasteiger partial charge in [-0.25, -0.2) is 0 Å². The first-order chi connectivity index (χ1) is 11.2. The molecule has 0 aromatic rings. The Kier molecular flexibility index (Phi) is 15.1. The van der Waals surface area contributed by atoms with Gasteiger partial charge in [0.2, 0.25) is 0 Å². The Bertz CT molecular complexity index is 302. The molecule has 0 aliphatic carbocycles. The van der Waals surface area contributed by atoms with E-state index in [-0.39, 0.29) is 0 Å². The fourth-order valence-corrected chi connectivity index (χ4v) is 2.54. The Labute approximate surface area is 142 Å². The van der Waals surface area contributed by atoms with Crippen LogP contribution in [0.25, 0.3) is 0 Å². The Balaban J connectivity index is 3.52. The van der Waals surface area contributed by atoms with Crippen LogP contribution in [0.4, 0.5) is 0 Å². The number of unbranched alkanes of at least 4 members (excludes halogenated alkanes) is 9. The Hall–Kier alpha value is -1.06. The van der Waals surface area contributed by atoms with Crippen LogP contribution in [0, 0.1) is 5.92 Å². The summed E-state index contributed by atoms with van der Waals surface area (Å²) in [5.41, 5.74) is 0. The van der Waals surface area contributed by atoms with E-state index in [1.165, 1.54) is 51.4 Å². The third kappa shape index (κ3) is 12.1. The zero-order valence-corrected chi connectivity index (χ0v) is 15.4. The van der Waals surface area contributed by atoms with Gasteiger partial charge in [0.1, 0.15) is 0 Å². The lowest BCUT2D eigenvalue weighted by Gasteiger charge is -2.12. The van der Waals surface area contributed by atoms with E-state index in [9.17, 15) is 9.59 Å². The van der Waals surface area contributed by atoms with E-state index in [1.807, 2.05) is 0 Å². The molecule has 0 heterocycles. The molecule has 0 rings (SSSR count). The average molecular weight is 328 g/mol. The standard InChI is InChI=1S/C19H36O4/c1-4-7-8-9-10-11-12-13-14-15-16-23-19(21)17(5-2)18(20)22-6-3/h17H,4-16H2,1-3H3. The molecule has 0 aromatic carbocycles. The number of hydrogen-bond acceptors (Lipinski definition) is 4. The van der Waals surface area contributed by atoms with Gasteiger partial charge in [0.15, 0.2) is 5.92 Å². The number of carbonyl (C=O) groups is 2. The highest BCUT2D eigenvalue weighted by Crippen LogP contribution is 2.12. The van der Waals surface area contributed by atoms with E-state index < -0.39 is 17.9 Å². The number of ether oxygens (including phenoxy) is 2. The van der Waals surface area contributed by atoms with Crippen molar-refractivity contribution in [3.05, 3.63) is 0 Å². The molecule has 0 aromatic heterocycles. The number of rotatable bonds is 15. The average Bonchev–Trinajstić information content (AvgIpc) is 2.53. The summed E-state index contributed by atoms with van der Waals surface area (Å²) in [6.07, 6.45) is 12.9. The van der Waals surface area contributed by atoms with Crippen molar-refractivity contribution in [1.82, 2.24) is 0 Å². The largest absolute Gasteiger partial charge is 0.465 e. The third-order valence-electron chi connectivity index (χ3n) is 4.01. The predicted molar refractivity (Wildman–Crippen MR) is 93.2 cm³/mol. The molecule has 0 aliphatic rings. The van der Waals surface area contributed by atoms with Crippen molar-refractivity contribution in [2.45, 2.75) is 91.4 Å². The minimum Gasteiger partial charge on any atom is -0.465 e. The van der Waals surface area contributed by atoms with Crippen molar-refractivity contribution in [2.75, 3.05) is 13.2 Å². The summed E-state index contributed by atoms with van der Waals surface area (Å²) in [6.45, 7) is 6.47. The second kappa shape index (κ2) is 15.8. The molecule has 0 aliphatic heterocycles. The van der Waals surface area contributed by atoms with Crippen molar-refractivity contribution in [2.24, 2.45) is 5.92 Å². The fourth-order valence-electron chi connectivity index (χ4n) is 2.54. The quantitative estimate of drug-likeness (QED) is 0.240. The molecule has 0 saturated heterocycles. The minimum atomic E-state index is -0.766. The van der Waals surface area contributed by atoms with E-state index in [4.69, 9.17) is 9.47 Å². The van der Waals surface area contributed by atoms with Gasteiger partial charge in [0, 0.05) is 0 Å². The summed E-state index contributed by atoms with van der Waals surface area (Å²) >= 11 is 0. The Morgan fingerprint density at radius 2 is 1.17 bits per heavy atom. The SMILES string of the molecule is CCCCCCCCCCCCOC(=O)C(CC)C(=O)OCC. The zero-order valence-electron chi connectivity index (χ0n) is 15.4. The van der Waals surface area contributed by atoms with Crippen LogP contribution in [-0.2, 0) is 19.1 Å². The molecule has 4 nitrogen and oxygen atoms in total. The second-order valence-electron chi connectivity index (χ2n) is 6.06. The van der Waals surface area contributed by atoms with Gasteiger partial charge in [0.05, 0.1) is 13.2 Å². The van der Waals surface area contributed by atoms with E-state index in [0.717, 1.165) is 12.8 Å². The Morgan fingerprint density at radius 3 is 1.65 bits per heavy atom. The molecule has 136 valence electrons. The van der Waals surface area contributed by atoms with Gasteiger partial charge in [-0.15, -0.1) is 0 Å². The van der Waals surface area contributed by atoms with E-state index in [2.05, 4.69) is 6.92 Å². The van der Waals surface area contributed by atoms with Gasteiger partial charge in [-0.1, -0.05) is 71.6 Å². The van der Waals surface area contributed by atoms with E-state index in [0.29, 0.717) is 19.6 Å². The van der Waals surface area contributed by atoms with Gasteiger partial charge in [-0.05, 0) is 19.8 Å². The summed E-state index contributed by atoms with van der Waals surface area (Å²) in [4.78, 5) is 23.4. The van der Waals surface area contributed by atoms with Gasteiger partial charge in [0.25, 0.3) is 0 Å². The summed E-state index contributed by atoms with van der Waals surface area (Å²) in [5, 5.41) is 0. The molecular formula is C19H36O4. The fraction of sp³-hybridized carbons (Fsp3) is 0.895. The maximum atomic E-state index is 11.8. The van der Waals surface area contributed by atoms with Crippen LogP contribution in [0.5, 0.6) is 0 Å². The van der Waals surface area contributed by atoms with E-state index in [1.54, 1.807) is 13.8 Å². The summed E-state index contributed by atoms with van der Waals surface area (Å²) in [5.74, 6) is -1.68. The first kappa shape index (κ1) is 21.9. The summed E-state index contributed by atoms with van der Waals surface area (Å²) < 4.78 is 10.1. The van der Waals surface area contributed by atoms with Crippen LogP contribution in [0.1, 0.15) is 91.4 Å². The lowest BCUT2D eigenvalue weighted by Crippen LogP contribution is -2.27. The molecule has 4 heteroatoms. The van der Waals surface area contributed by atoms with Gasteiger partial charge in [-0.3, -0.25) is 9.59 Å². The second-order valence-corrected chi connectivity index (χ2v) is 6.06. The molecule has 0 spiro atoms. The van der Waals surface area contributed by atoms with Crippen LogP contribution in [0.3, 0.4) is 0 Å². The van der Waals surface area contributed by atoms with Crippen LogP contribution in [0.2, 0.25) is 0 Å². The molecular weight excluding hydrogens is 292 g/mol. The lowest BCUT2D eigenvalue weighted by atomic mass is 10.1. The van der Waals surface area contributed by atoms with Crippen LogP contribution >= 0.6 is 0 Å². The monoisotopic (exact) mass is 328 g/mol. The zero-order chi connectivity index (χ0) is 17.3. The van der Waals surface area contributed by atoms with Gasteiger partial charge < -0.3 is 9.47 Å². The van der Waals surface area contributed by atoms with Gasteiger partial charge >= 0.3 is 11.9 Å². The molecule has 1 atom stereocenters. The highest BCUT2D eigenvalue weighted by atomic mass is 16.6. The van der Waals surface area contributed by atoms with Crippen LogP contribution < -0.4 is 0 Å². The third-order valence-corrected chi connectivity index (χ3v) is 4.01. The van der Waals surface area contributed by atoms with Crippen molar-refractivity contribution in [3.63, 3.8) is 0 Å². The van der Waals surface area contributed by atoms with Crippen molar-refractivity contribution >= 4 is 11.9 Å². The predicted octanol–water partition coefficient (Wildman–Crippen LogP) is 5.04. The smallest absolute Gasteiger partial charge is 0.320 e. The minimum absolute atomic E-state index is 0.293. The molecule has 0 radical (unpaired) electrons. The molecule has 0 saturated carbocycles. The molecule has 0 fully saturated rings. The number of hydrogen-bond donors (Lipinski definition) is 0. The summed E-state index contributed by atoms with van der Waals surface area (Å²) in [7, 11) is 0. The van der Waals surface area contributed by atoms with E-state index >= 15 is 0 Å². The van der Waals surface area contributed by atoms with Crippen molar-refractivity contribution in [3.8, 4) is 0 Å². The van der Waals surface area contributed by atoms with Gasteiger partial charge in [-0.2, -0.15) is 0 Å². The Morgan fingerprint density at radius 1 is 0.696 bits per heavy atom. The topological polar surface area (TPSA) is 52.6 Å². The molecule has 0 N–H and O–H groups in total. The first-order valence-electron chi connectivity index (χ1n) is 9.50. The highest BCUT2D eigenvalue weighted by Gasteiger charge is 2.27. The van der Waals surface area contributed by atoms with Crippen molar-refractivity contribution < 1.29 is 19.1 Å². The molecule has 23 heavy (non-hydrogen) atoms. The lowest BCUT2D eigenvalue weighted by molar-refractivity contribution is -0.162. The summed E-state index contributed by atoms with van der Waals surface area (Å²) in [6, 6.07) is 0. The molecule has 0 amide bonds.